The zero-order chi connectivity index (χ0) is 20.2. The van der Waals surface area contributed by atoms with Crippen LogP contribution in [0.5, 0.6) is 5.75 Å². The Labute approximate surface area is 174 Å². The van der Waals surface area contributed by atoms with Gasteiger partial charge in [-0.15, -0.1) is 0 Å². The van der Waals surface area contributed by atoms with Gasteiger partial charge in [0.25, 0.3) is 5.91 Å². The van der Waals surface area contributed by atoms with Crippen LogP contribution in [0, 0.1) is 11.8 Å². The number of rotatable bonds is 9. The van der Waals surface area contributed by atoms with Crippen LogP contribution >= 0.6 is 11.6 Å². The van der Waals surface area contributed by atoms with E-state index in [4.69, 9.17) is 21.2 Å². The lowest BCUT2D eigenvalue weighted by atomic mass is 10.1. The number of carbonyl (C=O) groups is 1. The van der Waals surface area contributed by atoms with Crippen molar-refractivity contribution in [2.24, 2.45) is 17.0 Å². The van der Waals surface area contributed by atoms with Crippen LogP contribution < -0.4 is 10.1 Å². The molecule has 2 saturated carbocycles. The summed E-state index contributed by atoms with van der Waals surface area (Å²) < 4.78 is 5.92. The van der Waals surface area contributed by atoms with Crippen LogP contribution in [0.15, 0.2) is 35.6 Å². The molecular weight excluding hydrogens is 392 g/mol. The Balaban J connectivity index is 1.53. The topological polar surface area (TPSA) is 85.7 Å². The van der Waals surface area contributed by atoms with Crippen LogP contribution in [-0.4, -0.2) is 41.8 Å². The van der Waals surface area contributed by atoms with Crippen molar-refractivity contribution >= 4 is 23.2 Å². The zero-order valence-corrected chi connectivity index (χ0v) is 17.0. The normalized spacial score (nSPS) is 16.4. The molecule has 4 rings (SSSR count). The van der Waals surface area contributed by atoms with Crippen molar-refractivity contribution in [2.45, 2.75) is 25.7 Å². The Morgan fingerprint density at radius 2 is 2.00 bits per heavy atom. The number of aromatic nitrogens is 2. The van der Waals surface area contributed by atoms with Gasteiger partial charge in [-0.25, -0.2) is 9.97 Å². The molecule has 0 aliphatic heterocycles. The quantitative estimate of drug-likeness (QED) is 0.499. The highest BCUT2D eigenvalue weighted by atomic mass is 35.5. The Morgan fingerprint density at radius 1 is 1.24 bits per heavy atom. The number of oxime groups is 1. The summed E-state index contributed by atoms with van der Waals surface area (Å²) in [4.78, 5) is 26.2. The summed E-state index contributed by atoms with van der Waals surface area (Å²) in [5.74, 6) is 1.27. The number of nitrogens with zero attached hydrogens (tertiary/aromatic N) is 3. The van der Waals surface area contributed by atoms with Crippen LogP contribution in [0.3, 0.4) is 0 Å². The highest BCUT2D eigenvalue weighted by Gasteiger charge is 2.29. The summed E-state index contributed by atoms with van der Waals surface area (Å²) in [6.45, 7) is 0.949. The van der Waals surface area contributed by atoms with Crippen LogP contribution in [-0.2, 0) is 4.84 Å². The van der Waals surface area contributed by atoms with Crippen molar-refractivity contribution in [1.29, 1.82) is 0 Å². The van der Waals surface area contributed by atoms with Gasteiger partial charge in [-0.3, -0.25) is 4.79 Å². The van der Waals surface area contributed by atoms with E-state index in [9.17, 15) is 4.79 Å². The van der Waals surface area contributed by atoms with Crippen molar-refractivity contribution < 1.29 is 14.4 Å². The lowest BCUT2D eigenvalue weighted by molar-refractivity contribution is 0.0948. The Morgan fingerprint density at radius 3 is 2.66 bits per heavy atom. The van der Waals surface area contributed by atoms with Crippen molar-refractivity contribution in [3.8, 4) is 17.0 Å². The number of hydrogen-bond acceptors (Lipinski definition) is 6. The molecule has 2 aliphatic rings. The SMILES string of the molecule is CO/N=C(/CNC(=O)c1ncc(OCC2CC2)c(-c2ccc(Cl)cc2)n1)C1CC1. The van der Waals surface area contributed by atoms with Gasteiger partial charge in [0.05, 0.1) is 25.1 Å². The molecule has 1 aromatic carbocycles. The lowest BCUT2D eigenvalue weighted by Gasteiger charge is -2.12. The van der Waals surface area contributed by atoms with Gasteiger partial charge in [0.15, 0.2) is 5.75 Å². The Bertz CT molecular complexity index is 909. The molecule has 0 spiro atoms. The van der Waals surface area contributed by atoms with Gasteiger partial charge in [0.2, 0.25) is 5.82 Å². The van der Waals surface area contributed by atoms with Crippen LogP contribution in [0.1, 0.15) is 36.3 Å². The maximum Gasteiger partial charge on any atom is 0.289 e. The number of halogens is 1. The summed E-state index contributed by atoms with van der Waals surface area (Å²) in [5, 5.41) is 7.48. The number of ether oxygens (including phenoxy) is 1. The molecule has 1 heterocycles. The molecule has 0 bridgehead atoms. The van der Waals surface area contributed by atoms with Crippen molar-refractivity contribution in [3.63, 3.8) is 0 Å². The molecule has 1 aromatic heterocycles. The minimum atomic E-state index is -0.363. The Hall–Kier alpha value is -2.67. The number of carbonyl (C=O) groups excluding carboxylic acids is 1. The maximum atomic E-state index is 12.6. The first kappa shape index (κ1) is 19.6. The second kappa shape index (κ2) is 8.78. The van der Waals surface area contributed by atoms with Gasteiger partial charge < -0.3 is 14.9 Å². The third-order valence-corrected chi connectivity index (χ3v) is 5.19. The van der Waals surface area contributed by atoms with Gasteiger partial charge >= 0.3 is 0 Å². The third-order valence-electron chi connectivity index (χ3n) is 4.93. The second-order valence-electron chi connectivity index (χ2n) is 7.39. The number of amides is 1. The van der Waals surface area contributed by atoms with Crippen molar-refractivity contribution in [1.82, 2.24) is 15.3 Å². The summed E-state index contributed by atoms with van der Waals surface area (Å²) in [6.07, 6.45) is 6.08. The van der Waals surface area contributed by atoms with Crippen LogP contribution in [0.4, 0.5) is 0 Å². The molecule has 1 amide bonds. The fourth-order valence-electron chi connectivity index (χ4n) is 2.93. The summed E-state index contributed by atoms with van der Waals surface area (Å²) in [7, 11) is 1.51. The third kappa shape index (κ3) is 5.23. The van der Waals surface area contributed by atoms with E-state index in [2.05, 4.69) is 20.4 Å². The lowest BCUT2D eigenvalue weighted by Crippen LogP contribution is -2.32. The number of benzene rings is 1. The molecule has 29 heavy (non-hydrogen) atoms. The average molecular weight is 415 g/mol. The first-order chi connectivity index (χ1) is 14.1. The van der Waals surface area contributed by atoms with E-state index in [-0.39, 0.29) is 11.7 Å². The smallest absolute Gasteiger partial charge is 0.289 e. The summed E-state index contributed by atoms with van der Waals surface area (Å²) in [5.41, 5.74) is 2.23. The predicted molar refractivity (Wildman–Crippen MR) is 110 cm³/mol. The molecule has 2 aromatic rings. The number of nitrogens with one attached hydrogen (secondary N) is 1. The molecule has 152 valence electrons. The molecule has 1 N–H and O–H groups in total. The van der Waals surface area contributed by atoms with E-state index in [1.807, 2.05) is 12.1 Å². The highest BCUT2D eigenvalue weighted by molar-refractivity contribution is 6.30. The molecule has 0 radical (unpaired) electrons. The monoisotopic (exact) mass is 414 g/mol. The Kier molecular flexibility index (Phi) is 5.94. The van der Waals surface area contributed by atoms with Gasteiger partial charge in [-0.1, -0.05) is 28.9 Å². The average Bonchev–Trinajstić information content (AvgIpc) is 3.64. The molecule has 0 saturated heterocycles. The largest absolute Gasteiger partial charge is 0.489 e. The highest BCUT2D eigenvalue weighted by Crippen LogP contribution is 2.33. The molecule has 0 atom stereocenters. The molecule has 8 heteroatoms. The zero-order valence-electron chi connectivity index (χ0n) is 16.2. The van der Waals surface area contributed by atoms with Crippen molar-refractivity contribution in [2.75, 3.05) is 20.3 Å². The van der Waals surface area contributed by atoms with Crippen LogP contribution in [0.2, 0.25) is 5.02 Å². The second-order valence-corrected chi connectivity index (χ2v) is 7.83. The first-order valence-corrected chi connectivity index (χ1v) is 10.2. The maximum absolute atomic E-state index is 12.6. The van der Waals surface area contributed by atoms with E-state index < -0.39 is 0 Å². The molecule has 0 unspecified atom stereocenters. The van der Waals surface area contributed by atoms with E-state index in [0.717, 1.165) is 24.1 Å². The standard InChI is InChI=1S/C21H23ClN4O3/c1-28-26-17(14-4-5-14)10-24-21(27)20-23-11-18(29-12-13-2-3-13)19(25-20)15-6-8-16(22)9-7-15/h6-9,11,13-14H,2-5,10,12H2,1H3,(H,24,27)/b26-17-. The first-order valence-electron chi connectivity index (χ1n) is 9.78. The molecule has 2 fully saturated rings. The van der Waals surface area contributed by atoms with E-state index in [1.54, 1.807) is 18.3 Å². The fourth-order valence-corrected chi connectivity index (χ4v) is 3.05. The van der Waals surface area contributed by atoms with Crippen LogP contribution in [0.25, 0.3) is 11.3 Å². The van der Waals surface area contributed by atoms with Gasteiger partial charge in [0.1, 0.15) is 12.8 Å². The van der Waals surface area contributed by atoms with E-state index >= 15 is 0 Å². The van der Waals surface area contributed by atoms with Gasteiger partial charge in [0, 0.05) is 16.5 Å². The molecular formula is C21H23ClN4O3. The molecule has 7 nitrogen and oxygen atoms in total. The predicted octanol–water partition coefficient (Wildman–Crippen LogP) is 3.73. The van der Waals surface area contributed by atoms with Gasteiger partial charge in [-0.2, -0.15) is 0 Å². The minimum absolute atomic E-state index is 0.0845. The van der Waals surface area contributed by atoms with Gasteiger partial charge in [-0.05, 0) is 43.7 Å². The fraction of sp³-hybridized carbons (Fsp3) is 0.429. The molecule has 2 aliphatic carbocycles. The summed E-state index contributed by atoms with van der Waals surface area (Å²) >= 11 is 6.01. The van der Waals surface area contributed by atoms with E-state index in [0.29, 0.717) is 41.5 Å². The summed E-state index contributed by atoms with van der Waals surface area (Å²) in [6, 6.07) is 7.28. The van der Waals surface area contributed by atoms with E-state index in [1.165, 1.54) is 20.0 Å². The van der Waals surface area contributed by atoms with Crippen molar-refractivity contribution in [3.05, 3.63) is 41.3 Å². The number of hydrogen-bond donors (Lipinski definition) is 1. The minimum Gasteiger partial charge on any atom is -0.489 e.